The maximum atomic E-state index is 13.3. The van der Waals surface area contributed by atoms with Crippen molar-refractivity contribution in [3.8, 4) is 11.5 Å². The molecule has 8 nitrogen and oxygen atoms in total. The van der Waals surface area contributed by atoms with E-state index in [1.165, 1.54) is 38.5 Å². The Morgan fingerprint density at radius 1 is 1.03 bits per heavy atom. The first kappa shape index (κ1) is 23.0. The van der Waals surface area contributed by atoms with E-state index in [-0.39, 0.29) is 35.2 Å². The lowest BCUT2D eigenvalue weighted by Crippen LogP contribution is -2.63. The van der Waals surface area contributed by atoms with Gasteiger partial charge in [-0.15, -0.1) is 11.8 Å². The van der Waals surface area contributed by atoms with Crippen LogP contribution in [0, 0.1) is 17.8 Å². The van der Waals surface area contributed by atoms with Gasteiger partial charge in [0.2, 0.25) is 12.7 Å². The minimum absolute atomic E-state index is 0.0269. The predicted molar refractivity (Wildman–Crippen MR) is 137 cm³/mol. The number of amides is 3. The Morgan fingerprint density at radius 2 is 1.72 bits per heavy atom. The summed E-state index contributed by atoms with van der Waals surface area (Å²) in [4.78, 5) is 28.0. The fraction of sp³-hybridized carbons (Fsp3) is 0.704. The summed E-state index contributed by atoms with van der Waals surface area (Å²) in [5, 5.41) is 10.2. The first-order chi connectivity index (χ1) is 17.5. The van der Waals surface area contributed by atoms with Gasteiger partial charge in [-0.1, -0.05) is 6.07 Å². The van der Waals surface area contributed by atoms with Crippen molar-refractivity contribution in [2.24, 2.45) is 17.8 Å². The molecule has 4 saturated carbocycles. The Balaban J connectivity index is 0.898. The highest BCUT2D eigenvalue weighted by molar-refractivity contribution is 8.01. The number of hydrogen-bond acceptors (Lipinski definition) is 6. The topological polar surface area (TPSA) is 91.9 Å². The molecule has 8 rings (SSSR count). The quantitative estimate of drug-likeness (QED) is 0.574. The number of rotatable bonds is 4. The van der Waals surface area contributed by atoms with Crippen LogP contribution in [0.4, 0.5) is 4.79 Å². The minimum Gasteiger partial charge on any atom is -0.454 e. The van der Waals surface area contributed by atoms with E-state index in [2.05, 4.69) is 16.0 Å². The lowest BCUT2D eigenvalue weighted by molar-refractivity contribution is -0.122. The van der Waals surface area contributed by atoms with E-state index in [0.29, 0.717) is 6.54 Å². The molecule has 0 radical (unpaired) electrons. The van der Waals surface area contributed by atoms with Gasteiger partial charge in [-0.3, -0.25) is 10.1 Å². The van der Waals surface area contributed by atoms with Crippen molar-refractivity contribution in [1.29, 1.82) is 0 Å². The van der Waals surface area contributed by atoms with Crippen LogP contribution in [0.25, 0.3) is 0 Å². The van der Waals surface area contributed by atoms with Gasteiger partial charge in [0, 0.05) is 30.9 Å². The van der Waals surface area contributed by atoms with Crippen LogP contribution in [-0.4, -0.2) is 58.9 Å². The molecule has 4 aliphatic carbocycles. The molecule has 3 heterocycles. The van der Waals surface area contributed by atoms with Crippen molar-refractivity contribution < 1.29 is 19.1 Å². The molecule has 3 amide bonds. The van der Waals surface area contributed by atoms with Crippen LogP contribution in [0.3, 0.4) is 0 Å². The Bertz CT molecular complexity index is 1020. The molecule has 9 heteroatoms. The number of carbonyl (C=O) groups is 2. The fourth-order valence-electron chi connectivity index (χ4n) is 8.08. The largest absolute Gasteiger partial charge is 0.454 e. The molecule has 7 aliphatic rings. The van der Waals surface area contributed by atoms with Crippen molar-refractivity contribution in [1.82, 2.24) is 20.9 Å². The maximum Gasteiger partial charge on any atom is 0.317 e. The number of nitrogens with one attached hydrogen (secondary N) is 3. The first-order valence-corrected chi connectivity index (χ1v) is 14.6. The lowest BCUT2D eigenvalue weighted by atomic mass is 9.53. The number of urea groups is 1. The zero-order chi connectivity index (χ0) is 24.3. The summed E-state index contributed by atoms with van der Waals surface area (Å²) in [5.74, 6) is 4.74. The van der Waals surface area contributed by atoms with Crippen LogP contribution >= 0.6 is 11.8 Å². The second-order valence-corrected chi connectivity index (χ2v) is 13.4. The van der Waals surface area contributed by atoms with E-state index >= 15 is 0 Å². The standard InChI is InChI=1S/C27H36N4O4S/c32-24(28-14-17-1-2-22-23(10-17)35-16-34-22)21-15-36-27(29-21)3-5-31(6-4-27)25(33)30-26-11-18-7-19(12-26)9-20(8-18)13-26/h1-2,10,18-21,29H,3-9,11-16H2,(H,28,32)(H,30,33). The SMILES string of the molecule is O=C(NCc1ccc2c(c1)OCO2)C1CSC2(CCN(C(=O)NC34CC5CC(CC(C5)C3)C4)CC2)N1. The number of benzene rings is 1. The van der Waals surface area contributed by atoms with Crippen LogP contribution in [-0.2, 0) is 11.3 Å². The van der Waals surface area contributed by atoms with Gasteiger partial charge in [-0.2, -0.15) is 0 Å². The van der Waals surface area contributed by atoms with Crippen molar-refractivity contribution in [2.75, 3.05) is 25.6 Å². The molecule has 3 N–H and O–H groups in total. The second kappa shape index (κ2) is 8.72. The van der Waals surface area contributed by atoms with E-state index < -0.39 is 0 Å². The fourth-order valence-corrected chi connectivity index (χ4v) is 9.49. The van der Waals surface area contributed by atoms with E-state index in [0.717, 1.165) is 66.5 Å². The minimum atomic E-state index is -0.212. The van der Waals surface area contributed by atoms with Crippen LogP contribution < -0.4 is 25.4 Å². The monoisotopic (exact) mass is 512 g/mol. The van der Waals surface area contributed by atoms with Crippen molar-refractivity contribution in [3.63, 3.8) is 0 Å². The normalized spacial score (nSPS) is 35.3. The summed E-state index contributed by atoms with van der Waals surface area (Å²) in [7, 11) is 0. The molecule has 1 unspecified atom stereocenters. The van der Waals surface area contributed by atoms with Gasteiger partial charge in [0.25, 0.3) is 0 Å². The van der Waals surface area contributed by atoms with Crippen LogP contribution in [0.2, 0.25) is 0 Å². The molecule has 2 saturated heterocycles. The Kier molecular flexibility index (Phi) is 5.58. The third-order valence-corrected chi connectivity index (χ3v) is 11.0. The number of nitrogens with zero attached hydrogens (tertiary/aromatic N) is 1. The Morgan fingerprint density at radius 3 is 2.44 bits per heavy atom. The summed E-state index contributed by atoms with van der Waals surface area (Å²) in [6.45, 7) is 2.19. The highest BCUT2D eigenvalue weighted by Gasteiger charge is 2.52. The summed E-state index contributed by atoms with van der Waals surface area (Å²) < 4.78 is 10.8. The van der Waals surface area contributed by atoms with Crippen LogP contribution in [0.1, 0.15) is 56.9 Å². The van der Waals surface area contributed by atoms with Gasteiger partial charge >= 0.3 is 6.03 Å². The van der Waals surface area contributed by atoms with E-state index in [4.69, 9.17) is 9.47 Å². The Labute approximate surface area is 216 Å². The summed E-state index contributed by atoms with van der Waals surface area (Å²) in [6.07, 6.45) is 9.45. The molecular weight excluding hydrogens is 476 g/mol. The van der Waals surface area contributed by atoms with Gasteiger partial charge in [0.1, 0.15) is 0 Å². The molecule has 1 atom stereocenters. The average molecular weight is 513 g/mol. The zero-order valence-corrected chi connectivity index (χ0v) is 21.5. The highest BCUT2D eigenvalue weighted by atomic mass is 32.2. The molecule has 1 spiro atoms. The van der Waals surface area contributed by atoms with Gasteiger partial charge < -0.3 is 25.0 Å². The first-order valence-electron chi connectivity index (χ1n) is 13.6. The summed E-state index contributed by atoms with van der Waals surface area (Å²) in [5.41, 5.74) is 1.05. The number of likely N-dealkylation sites (tertiary alicyclic amines) is 1. The summed E-state index contributed by atoms with van der Waals surface area (Å²) >= 11 is 1.84. The number of thioether (sulfide) groups is 1. The molecule has 1 aromatic carbocycles. The van der Waals surface area contributed by atoms with Gasteiger partial charge in [0.05, 0.1) is 10.9 Å². The second-order valence-electron chi connectivity index (χ2n) is 12.0. The zero-order valence-electron chi connectivity index (χ0n) is 20.7. The van der Waals surface area contributed by atoms with Gasteiger partial charge in [-0.25, -0.2) is 4.79 Å². The van der Waals surface area contributed by atoms with E-state index in [9.17, 15) is 9.59 Å². The predicted octanol–water partition coefficient (Wildman–Crippen LogP) is 3.21. The highest BCUT2D eigenvalue weighted by Crippen LogP contribution is 2.55. The summed E-state index contributed by atoms with van der Waals surface area (Å²) in [6, 6.07) is 5.68. The molecule has 6 fully saturated rings. The number of carbonyl (C=O) groups excluding carboxylic acids is 2. The Hall–Kier alpha value is -2.13. The van der Waals surface area contributed by atoms with Crippen molar-refractivity contribution in [3.05, 3.63) is 23.8 Å². The maximum absolute atomic E-state index is 13.3. The third-order valence-electron chi connectivity index (χ3n) is 9.45. The van der Waals surface area contributed by atoms with Crippen molar-refractivity contribution in [2.45, 2.75) is 74.4 Å². The van der Waals surface area contributed by atoms with Crippen LogP contribution in [0.5, 0.6) is 11.5 Å². The van der Waals surface area contributed by atoms with Gasteiger partial charge in [0.15, 0.2) is 11.5 Å². The molecule has 3 aliphatic heterocycles. The molecule has 4 bridgehead atoms. The average Bonchev–Trinajstić information content (AvgIpc) is 3.49. The number of piperidine rings is 1. The van der Waals surface area contributed by atoms with E-state index in [1.54, 1.807) is 0 Å². The molecule has 194 valence electrons. The number of hydrogen-bond donors (Lipinski definition) is 3. The van der Waals surface area contributed by atoms with Crippen LogP contribution in [0.15, 0.2) is 18.2 Å². The third kappa shape index (κ3) is 4.22. The molecule has 36 heavy (non-hydrogen) atoms. The van der Waals surface area contributed by atoms with Gasteiger partial charge in [-0.05, 0) is 86.8 Å². The number of ether oxygens (including phenoxy) is 2. The van der Waals surface area contributed by atoms with E-state index in [1.807, 2.05) is 34.9 Å². The molecule has 1 aromatic rings. The molecule has 0 aromatic heterocycles. The molecular formula is C27H36N4O4S. The number of fused-ring (bicyclic) bond motifs is 1. The smallest absolute Gasteiger partial charge is 0.317 e. The lowest BCUT2D eigenvalue weighted by Gasteiger charge is -2.57. The van der Waals surface area contributed by atoms with Crippen molar-refractivity contribution >= 4 is 23.7 Å².